The third-order valence-electron chi connectivity index (χ3n) is 4.57. The smallest absolute Gasteiger partial charge is 0.271 e. The van der Waals surface area contributed by atoms with Gasteiger partial charge >= 0.3 is 0 Å². The molecule has 0 saturated heterocycles. The molecule has 0 bridgehead atoms. The minimum atomic E-state index is -0.500. The zero-order chi connectivity index (χ0) is 23.3. The van der Waals surface area contributed by atoms with E-state index in [-0.39, 0.29) is 17.5 Å². The van der Waals surface area contributed by atoms with Crippen LogP contribution in [0, 0.1) is 17.0 Å². The van der Waals surface area contributed by atoms with E-state index in [2.05, 4.69) is 10.6 Å². The van der Waals surface area contributed by atoms with E-state index in [9.17, 15) is 19.7 Å². The molecule has 9 heteroatoms. The number of carbonyl (C=O) groups excluding carboxylic acids is 2. The first-order valence-electron chi connectivity index (χ1n) is 9.62. The molecule has 3 rings (SSSR count). The van der Waals surface area contributed by atoms with E-state index in [0.717, 1.165) is 10.5 Å². The van der Waals surface area contributed by atoms with Gasteiger partial charge in [0.2, 0.25) is 5.91 Å². The molecule has 0 heterocycles. The summed E-state index contributed by atoms with van der Waals surface area (Å²) in [6.07, 6.45) is 0. The third-order valence-corrected chi connectivity index (χ3v) is 5.92. The van der Waals surface area contributed by atoms with Gasteiger partial charge in [0.15, 0.2) is 0 Å². The van der Waals surface area contributed by atoms with Gasteiger partial charge in [-0.3, -0.25) is 19.7 Å². The van der Waals surface area contributed by atoms with Crippen molar-refractivity contribution in [2.45, 2.75) is 24.0 Å². The maximum atomic E-state index is 12.6. The topological polar surface area (TPSA) is 101 Å². The molecule has 32 heavy (non-hydrogen) atoms. The number of benzene rings is 3. The molecule has 3 aromatic rings. The Labute approximate surface area is 194 Å². The van der Waals surface area contributed by atoms with Crippen LogP contribution in [0.2, 0.25) is 5.02 Å². The molecule has 0 radical (unpaired) electrons. The van der Waals surface area contributed by atoms with Gasteiger partial charge in [-0.15, -0.1) is 11.8 Å². The van der Waals surface area contributed by atoms with Gasteiger partial charge < -0.3 is 10.6 Å². The highest BCUT2D eigenvalue weighted by Gasteiger charge is 2.17. The molecular formula is C23H20ClN3O4S. The number of hydrogen-bond donors (Lipinski definition) is 2. The molecule has 0 aliphatic rings. The van der Waals surface area contributed by atoms with Crippen molar-refractivity contribution in [3.63, 3.8) is 0 Å². The Morgan fingerprint density at radius 1 is 1.03 bits per heavy atom. The van der Waals surface area contributed by atoms with Gasteiger partial charge in [0.05, 0.1) is 15.9 Å². The van der Waals surface area contributed by atoms with Crippen molar-refractivity contribution < 1.29 is 14.5 Å². The lowest BCUT2D eigenvalue weighted by atomic mass is 10.2. The molecule has 0 aromatic heterocycles. The number of anilines is 2. The summed E-state index contributed by atoms with van der Waals surface area (Å²) in [5.41, 5.74) is 2.14. The van der Waals surface area contributed by atoms with E-state index in [1.807, 2.05) is 0 Å². The van der Waals surface area contributed by atoms with Gasteiger partial charge in [-0.2, -0.15) is 0 Å². The van der Waals surface area contributed by atoms with Crippen LogP contribution in [-0.4, -0.2) is 22.0 Å². The van der Waals surface area contributed by atoms with Crippen LogP contribution in [-0.2, 0) is 4.79 Å². The summed E-state index contributed by atoms with van der Waals surface area (Å²) >= 11 is 7.26. The molecule has 7 nitrogen and oxygen atoms in total. The Morgan fingerprint density at radius 3 is 2.41 bits per heavy atom. The fraction of sp³-hybridized carbons (Fsp3) is 0.130. The van der Waals surface area contributed by atoms with Crippen molar-refractivity contribution >= 4 is 52.2 Å². The van der Waals surface area contributed by atoms with E-state index in [4.69, 9.17) is 11.6 Å². The SMILES string of the molecule is Cc1ccc([N+](=O)[O-])cc1NC(=O)C(C)Sc1ccc(NC(=O)c2cccc(Cl)c2)cc1. The number of hydrogen-bond acceptors (Lipinski definition) is 5. The molecule has 164 valence electrons. The van der Waals surface area contributed by atoms with Gasteiger partial charge in [-0.25, -0.2) is 0 Å². The molecule has 3 aromatic carbocycles. The fourth-order valence-electron chi connectivity index (χ4n) is 2.80. The lowest BCUT2D eigenvalue weighted by molar-refractivity contribution is -0.384. The number of nitro benzene ring substituents is 1. The number of nitrogens with one attached hydrogen (secondary N) is 2. The molecule has 2 amide bonds. The average Bonchev–Trinajstić information content (AvgIpc) is 2.76. The van der Waals surface area contributed by atoms with E-state index < -0.39 is 10.2 Å². The number of nitro groups is 1. The van der Waals surface area contributed by atoms with Gasteiger partial charge in [-0.1, -0.05) is 23.7 Å². The Balaban J connectivity index is 1.60. The van der Waals surface area contributed by atoms with Crippen molar-refractivity contribution in [1.29, 1.82) is 0 Å². The zero-order valence-corrected chi connectivity index (χ0v) is 18.9. The summed E-state index contributed by atoms with van der Waals surface area (Å²) in [6.45, 7) is 3.52. The van der Waals surface area contributed by atoms with Gasteiger partial charge in [0, 0.05) is 33.3 Å². The largest absolute Gasteiger partial charge is 0.325 e. The fourth-order valence-corrected chi connectivity index (χ4v) is 3.86. The summed E-state index contributed by atoms with van der Waals surface area (Å²) in [6, 6.07) is 18.1. The highest BCUT2D eigenvalue weighted by Crippen LogP contribution is 2.27. The van der Waals surface area contributed by atoms with E-state index in [1.165, 1.54) is 23.9 Å². The van der Waals surface area contributed by atoms with E-state index in [1.54, 1.807) is 68.4 Å². The molecule has 0 spiro atoms. The minimum absolute atomic E-state index is 0.0818. The lowest BCUT2D eigenvalue weighted by Crippen LogP contribution is -2.22. The van der Waals surface area contributed by atoms with Crippen LogP contribution in [0.15, 0.2) is 71.6 Å². The summed E-state index contributed by atoms with van der Waals surface area (Å²) in [4.78, 5) is 36.2. The standard InChI is InChI=1S/C23H20ClN3O4S/c1-14-6-9-19(27(30)31)13-21(14)26-22(28)15(2)32-20-10-7-18(8-11-20)25-23(29)16-4-3-5-17(24)12-16/h3-13,15H,1-2H3,(H,25,29)(H,26,28). The lowest BCUT2D eigenvalue weighted by Gasteiger charge is -2.14. The average molecular weight is 470 g/mol. The molecule has 0 fully saturated rings. The number of nitrogens with zero attached hydrogens (tertiary/aromatic N) is 1. The number of thioether (sulfide) groups is 1. The Bertz CT molecular complexity index is 1170. The highest BCUT2D eigenvalue weighted by molar-refractivity contribution is 8.00. The number of aryl methyl sites for hydroxylation is 1. The maximum absolute atomic E-state index is 12.6. The Kier molecular flexibility index (Phi) is 7.50. The van der Waals surface area contributed by atoms with Crippen LogP contribution in [0.5, 0.6) is 0 Å². The van der Waals surface area contributed by atoms with Crippen molar-refractivity contribution in [3.8, 4) is 0 Å². The molecule has 2 N–H and O–H groups in total. The second kappa shape index (κ2) is 10.3. The summed E-state index contributed by atoms with van der Waals surface area (Å²) in [5.74, 6) is -0.537. The minimum Gasteiger partial charge on any atom is -0.325 e. The van der Waals surface area contributed by atoms with E-state index in [0.29, 0.717) is 22.0 Å². The van der Waals surface area contributed by atoms with Crippen LogP contribution in [0.4, 0.5) is 17.1 Å². The van der Waals surface area contributed by atoms with Crippen LogP contribution >= 0.6 is 23.4 Å². The van der Waals surface area contributed by atoms with Gasteiger partial charge in [0.1, 0.15) is 0 Å². The van der Waals surface area contributed by atoms with Gasteiger partial charge in [0.25, 0.3) is 11.6 Å². The number of amides is 2. The molecule has 0 aliphatic heterocycles. The first kappa shape index (κ1) is 23.3. The number of halogens is 1. The molecule has 0 saturated carbocycles. The first-order valence-corrected chi connectivity index (χ1v) is 10.9. The van der Waals surface area contributed by atoms with Crippen molar-refractivity contribution in [2.75, 3.05) is 10.6 Å². The normalized spacial score (nSPS) is 11.5. The number of rotatable bonds is 7. The van der Waals surface area contributed by atoms with Crippen molar-refractivity contribution in [2.24, 2.45) is 0 Å². The Morgan fingerprint density at radius 2 is 1.75 bits per heavy atom. The zero-order valence-electron chi connectivity index (χ0n) is 17.3. The summed E-state index contributed by atoms with van der Waals surface area (Å²) < 4.78 is 0. The molecular weight excluding hydrogens is 450 g/mol. The van der Waals surface area contributed by atoms with Crippen LogP contribution in [0.25, 0.3) is 0 Å². The summed E-state index contributed by atoms with van der Waals surface area (Å²) in [5, 5.41) is 16.6. The number of non-ortho nitro benzene ring substituents is 1. The Hall–Kier alpha value is -3.36. The van der Waals surface area contributed by atoms with Crippen LogP contribution in [0.1, 0.15) is 22.8 Å². The quantitative estimate of drug-likeness (QED) is 0.254. The maximum Gasteiger partial charge on any atom is 0.271 e. The molecule has 1 unspecified atom stereocenters. The predicted octanol–water partition coefficient (Wildman–Crippen LogP) is 5.93. The third kappa shape index (κ3) is 6.09. The first-order chi connectivity index (χ1) is 15.2. The van der Waals surface area contributed by atoms with E-state index >= 15 is 0 Å². The van der Waals surface area contributed by atoms with Crippen molar-refractivity contribution in [3.05, 3.63) is 93.0 Å². The summed E-state index contributed by atoms with van der Waals surface area (Å²) in [7, 11) is 0. The molecule has 0 aliphatic carbocycles. The predicted molar refractivity (Wildman–Crippen MR) is 128 cm³/mol. The second-order valence-electron chi connectivity index (χ2n) is 6.99. The highest BCUT2D eigenvalue weighted by atomic mass is 35.5. The van der Waals surface area contributed by atoms with Crippen LogP contribution < -0.4 is 10.6 Å². The van der Waals surface area contributed by atoms with Crippen LogP contribution in [0.3, 0.4) is 0 Å². The van der Waals surface area contributed by atoms with Crippen molar-refractivity contribution in [1.82, 2.24) is 0 Å². The second-order valence-corrected chi connectivity index (χ2v) is 8.85. The number of carbonyl (C=O) groups is 2. The molecule has 1 atom stereocenters. The van der Waals surface area contributed by atoms with Gasteiger partial charge in [-0.05, 0) is 61.9 Å². The monoisotopic (exact) mass is 469 g/mol.